The number of rotatable bonds is 4. The minimum atomic E-state index is -0.312. The highest BCUT2D eigenvalue weighted by Gasteiger charge is 2.01. The number of aryl methyl sites for hydroxylation is 1. The third kappa shape index (κ3) is 3.52. The van der Waals surface area contributed by atoms with E-state index in [2.05, 4.69) is 10.3 Å². The normalized spacial score (nSPS) is 10.6. The van der Waals surface area contributed by atoms with Crippen LogP contribution < -0.4 is 5.32 Å². The van der Waals surface area contributed by atoms with Gasteiger partial charge in [-0.3, -0.25) is 4.98 Å². The molecule has 0 amide bonds. The second-order valence-corrected chi connectivity index (χ2v) is 4.58. The zero-order valence-electron chi connectivity index (χ0n) is 10.1. The fraction of sp³-hybridized carbons (Fsp3) is 0.214. The maximum atomic E-state index is 13.1. The van der Waals surface area contributed by atoms with E-state index in [1.807, 2.05) is 19.1 Å². The molecule has 2 rings (SSSR count). The van der Waals surface area contributed by atoms with Crippen molar-refractivity contribution in [1.82, 2.24) is 10.3 Å². The van der Waals surface area contributed by atoms with Crippen LogP contribution in [0.25, 0.3) is 0 Å². The molecule has 0 fully saturated rings. The molecule has 0 saturated carbocycles. The Hall–Kier alpha value is -1.45. The van der Waals surface area contributed by atoms with Gasteiger partial charge in [0.1, 0.15) is 5.82 Å². The van der Waals surface area contributed by atoms with Gasteiger partial charge in [0.15, 0.2) is 0 Å². The molecule has 0 spiro atoms. The largest absolute Gasteiger partial charge is 0.307 e. The molecule has 0 saturated heterocycles. The Labute approximate surface area is 111 Å². The zero-order chi connectivity index (χ0) is 13.0. The predicted molar refractivity (Wildman–Crippen MR) is 70.9 cm³/mol. The van der Waals surface area contributed by atoms with Crippen molar-refractivity contribution < 1.29 is 4.39 Å². The molecule has 0 bridgehead atoms. The molecule has 2 nitrogen and oxygen atoms in total. The van der Waals surface area contributed by atoms with Gasteiger partial charge in [0, 0.05) is 24.3 Å². The Morgan fingerprint density at radius 1 is 1.28 bits per heavy atom. The molecular weight excluding hydrogens is 251 g/mol. The highest BCUT2D eigenvalue weighted by atomic mass is 35.5. The van der Waals surface area contributed by atoms with Crippen molar-refractivity contribution in [3.05, 3.63) is 64.2 Å². The van der Waals surface area contributed by atoms with Crippen LogP contribution in [-0.2, 0) is 13.1 Å². The van der Waals surface area contributed by atoms with E-state index in [1.54, 1.807) is 12.3 Å². The van der Waals surface area contributed by atoms with Crippen molar-refractivity contribution >= 4 is 11.6 Å². The average Bonchev–Trinajstić information content (AvgIpc) is 2.30. The second kappa shape index (κ2) is 5.94. The van der Waals surface area contributed by atoms with Gasteiger partial charge in [-0.25, -0.2) is 4.39 Å². The van der Waals surface area contributed by atoms with E-state index in [-0.39, 0.29) is 5.82 Å². The number of halogens is 2. The second-order valence-electron chi connectivity index (χ2n) is 4.15. The molecule has 1 N–H and O–H groups in total. The Bertz CT molecular complexity index is 523. The zero-order valence-corrected chi connectivity index (χ0v) is 10.8. The van der Waals surface area contributed by atoms with E-state index in [4.69, 9.17) is 11.6 Å². The summed E-state index contributed by atoms with van der Waals surface area (Å²) in [6, 6.07) is 8.45. The van der Waals surface area contributed by atoms with Crippen molar-refractivity contribution in [2.45, 2.75) is 20.0 Å². The van der Waals surface area contributed by atoms with Crippen molar-refractivity contribution in [3.63, 3.8) is 0 Å². The SMILES string of the molecule is Cc1cccnc1CNCc1cc(F)cc(Cl)c1. The topological polar surface area (TPSA) is 24.9 Å². The quantitative estimate of drug-likeness (QED) is 0.915. The molecule has 18 heavy (non-hydrogen) atoms. The van der Waals surface area contributed by atoms with Crippen molar-refractivity contribution in [1.29, 1.82) is 0 Å². The van der Waals surface area contributed by atoms with Gasteiger partial charge in [0.05, 0.1) is 5.69 Å². The molecule has 1 heterocycles. The van der Waals surface area contributed by atoms with Gasteiger partial charge < -0.3 is 5.32 Å². The lowest BCUT2D eigenvalue weighted by atomic mass is 10.2. The third-order valence-corrected chi connectivity index (χ3v) is 2.88. The molecule has 4 heteroatoms. The molecule has 0 aliphatic rings. The number of aromatic nitrogens is 1. The highest BCUT2D eigenvalue weighted by molar-refractivity contribution is 6.30. The van der Waals surface area contributed by atoms with E-state index in [0.29, 0.717) is 18.1 Å². The van der Waals surface area contributed by atoms with Crippen LogP contribution in [-0.4, -0.2) is 4.98 Å². The molecule has 1 aromatic carbocycles. The highest BCUT2D eigenvalue weighted by Crippen LogP contribution is 2.14. The van der Waals surface area contributed by atoms with E-state index < -0.39 is 0 Å². The monoisotopic (exact) mass is 264 g/mol. The van der Waals surface area contributed by atoms with E-state index >= 15 is 0 Å². The van der Waals surface area contributed by atoms with Crippen LogP contribution in [0, 0.1) is 12.7 Å². The number of benzene rings is 1. The summed E-state index contributed by atoms with van der Waals surface area (Å²) in [5.74, 6) is -0.312. The van der Waals surface area contributed by atoms with Crippen molar-refractivity contribution in [2.24, 2.45) is 0 Å². The number of hydrogen-bond acceptors (Lipinski definition) is 2. The van der Waals surface area contributed by atoms with E-state index in [1.165, 1.54) is 12.1 Å². The summed E-state index contributed by atoms with van der Waals surface area (Å²) < 4.78 is 13.1. The van der Waals surface area contributed by atoms with Crippen molar-refractivity contribution in [2.75, 3.05) is 0 Å². The molecular formula is C14H14ClFN2. The fourth-order valence-corrected chi connectivity index (χ4v) is 1.99. The van der Waals surface area contributed by atoms with Crippen LogP contribution in [0.4, 0.5) is 4.39 Å². The summed E-state index contributed by atoms with van der Waals surface area (Å²) in [5, 5.41) is 3.64. The van der Waals surface area contributed by atoms with Gasteiger partial charge in [-0.05, 0) is 42.3 Å². The lowest BCUT2D eigenvalue weighted by molar-refractivity contribution is 0.619. The molecule has 0 aliphatic heterocycles. The Balaban J connectivity index is 1.94. The fourth-order valence-electron chi connectivity index (χ4n) is 1.74. The van der Waals surface area contributed by atoms with E-state index in [9.17, 15) is 4.39 Å². The summed E-state index contributed by atoms with van der Waals surface area (Å²) in [6.45, 7) is 3.23. The summed E-state index contributed by atoms with van der Waals surface area (Å²) in [4.78, 5) is 4.28. The third-order valence-electron chi connectivity index (χ3n) is 2.66. The van der Waals surface area contributed by atoms with Gasteiger partial charge in [0.25, 0.3) is 0 Å². The van der Waals surface area contributed by atoms with Gasteiger partial charge in [-0.15, -0.1) is 0 Å². The Kier molecular flexibility index (Phi) is 4.28. The van der Waals surface area contributed by atoms with Gasteiger partial charge in [-0.2, -0.15) is 0 Å². The minimum Gasteiger partial charge on any atom is -0.307 e. The van der Waals surface area contributed by atoms with Crippen LogP contribution in [0.15, 0.2) is 36.5 Å². The molecule has 0 radical (unpaired) electrons. The average molecular weight is 265 g/mol. The van der Waals surface area contributed by atoms with Crippen LogP contribution >= 0.6 is 11.6 Å². The standard InChI is InChI=1S/C14H14ClFN2/c1-10-3-2-4-18-14(10)9-17-8-11-5-12(15)7-13(16)6-11/h2-7,17H,8-9H2,1H3. The van der Waals surface area contributed by atoms with Crippen LogP contribution in [0.5, 0.6) is 0 Å². The lowest BCUT2D eigenvalue weighted by Crippen LogP contribution is -2.14. The van der Waals surface area contributed by atoms with Gasteiger partial charge >= 0.3 is 0 Å². The summed E-state index contributed by atoms with van der Waals surface area (Å²) in [7, 11) is 0. The number of pyridine rings is 1. The molecule has 0 atom stereocenters. The number of nitrogens with zero attached hydrogens (tertiary/aromatic N) is 1. The van der Waals surface area contributed by atoms with E-state index in [0.717, 1.165) is 16.8 Å². The number of nitrogens with one attached hydrogen (secondary N) is 1. The predicted octanol–water partition coefficient (Wildman–Crippen LogP) is 3.47. The minimum absolute atomic E-state index is 0.312. The molecule has 0 unspecified atom stereocenters. The first-order valence-corrected chi connectivity index (χ1v) is 6.09. The summed E-state index contributed by atoms with van der Waals surface area (Å²) in [5.41, 5.74) is 2.97. The Morgan fingerprint density at radius 2 is 2.11 bits per heavy atom. The maximum Gasteiger partial charge on any atom is 0.125 e. The first-order valence-electron chi connectivity index (χ1n) is 5.71. The summed E-state index contributed by atoms with van der Waals surface area (Å²) in [6.07, 6.45) is 1.77. The van der Waals surface area contributed by atoms with Crippen LogP contribution in [0.1, 0.15) is 16.8 Å². The maximum absolute atomic E-state index is 13.1. The van der Waals surface area contributed by atoms with Gasteiger partial charge in [-0.1, -0.05) is 17.7 Å². The van der Waals surface area contributed by atoms with Crippen LogP contribution in [0.2, 0.25) is 5.02 Å². The van der Waals surface area contributed by atoms with Gasteiger partial charge in [0.2, 0.25) is 0 Å². The Morgan fingerprint density at radius 3 is 2.83 bits per heavy atom. The molecule has 94 valence electrons. The first kappa shape index (κ1) is 13.0. The van der Waals surface area contributed by atoms with Crippen LogP contribution in [0.3, 0.4) is 0 Å². The molecule has 0 aliphatic carbocycles. The smallest absolute Gasteiger partial charge is 0.125 e. The number of hydrogen-bond donors (Lipinski definition) is 1. The lowest BCUT2D eigenvalue weighted by Gasteiger charge is -2.07. The summed E-state index contributed by atoms with van der Waals surface area (Å²) >= 11 is 5.79. The molecule has 2 aromatic rings. The molecule has 1 aromatic heterocycles. The van der Waals surface area contributed by atoms with Crippen molar-refractivity contribution in [3.8, 4) is 0 Å². The first-order chi connectivity index (χ1) is 8.65.